The lowest BCUT2D eigenvalue weighted by molar-refractivity contribution is -0.121. The molecule has 1 atom stereocenters. The van der Waals surface area contributed by atoms with Crippen LogP contribution in [0.4, 0.5) is 4.39 Å². The molecule has 1 aromatic carbocycles. The van der Waals surface area contributed by atoms with E-state index in [0.717, 1.165) is 25.7 Å². The van der Waals surface area contributed by atoms with E-state index in [2.05, 4.69) is 21.2 Å². The molecule has 1 aromatic rings. The van der Waals surface area contributed by atoms with E-state index in [-0.39, 0.29) is 17.5 Å². The number of amides is 1. The molecule has 5 heteroatoms. The van der Waals surface area contributed by atoms with Crippen LogP contribution in [0.1, 0.15) is 43.0 Å². The van der Waals surface area contributed by atoms with Gasteiger partial charge in [0.25, 0.3) is 0 Å². The predicted molar refractivity (Wildman–Crippen MR) is 77.7 cm³/mol. The van der Waals surface area contributed by atoms with E-state index in [9.17, 15) is 9.18 Å². The van der Waals surface area contributed by atoms with Gasteiger partial charge in [0.1, 0.15) is 11.2 Å². The second-order valence-corrected chi connectivity index (χ2v) is 6.22. The van der Waals surface area contributed by atoms with Gasteiger partial charge in [-0.25, -0.2) is 4.39 Å². The molecule has 0 aromatic heterocycles. The normalized spacial score (nSPS) is 18.1. The Bertz CT molecular complexity index is 463. The third-order valence-corrected chi connectivity index (χ3v) is 4.34. The molecule has 1 N–H and O–H groups in total. The first-order valence-electron chi connectivity index (χ1n) is 6.47. The van der Waals surface area contributed by atoms with Gasteiger partial charge in [-0.2, -0.15) is 0 Å². The summed E-state index contributed by atoms with van der Waals surface area (Å²) in [5.41, 5.74) is 0.221. The second kappa shape index (κ2) is 6.71. The Labute approximate surface area is 125 Å². The molecule has 0 bridgehead atoms. The van der Waals surface area contributed by atoms with Gasteiger partial charge in [0.05, 0.1) is 0 Å². The van der Waals surface area contributed by atoms with Gasteiger partial charge in [-0.05, 0) is 25.0 Å². The quantitative estimate of drug-likeness (QED) is 0.810. The minimum Gasteiger partial charge on any atom is -0.352 e. The van der Waals surface area contributed by atoms with Crippen molar-refractivity contribution < 1.29 is 9.18 Å². The molecule has 0 radical (unpaired) electrons. The lowest BCUT2D eigenvalue weighted by Gasteiger charge is -2.24. The molecule has 0 aliphatic heterocycles. The number of hydrogen-bond acceptors (Lipinski definition) is 1. The number of alkyl halides is 1. The molecule has 0 spiro atoms. The van der Waals surface area contributed by atoms with Crippen molar-refractivity contribution in [2.75, 3.05) is 0 Å². The average Bonchev–Trinajstić information content (AvgIpc) is 2.39. The number of benzene rings is 1. The molecule has 0 saturated heterocycles. The summed E-state index contributed by atoms with van der Waals surface area (Å²) >= 11 is 9.24. The van der Waals surface area contributed by atoms with Gasteiger partial charge in [-0.3, -0.25) is 4.79 Å². The number of rotatable bonds is 3. The fraction of sp³-hybridized carbons (Fsp3) is 0.500. The largest absolute Gasteiger partial charge is 0.352 e. The van der Waals surface area contributed by atoms with Crippen molar-refractivity contribution in [2.45, 2.75) is 43.5 Å². The highest BCUT2D eigenvalue weighted by molar-refractivity contribution is 9.10. The van der Waals surface area contributed by atoms with Crippen LogP contribution in [0.25, 0.3) is 0 Å². The molecular formula is C14H16BrClFNO. The van der Waals surface area contributed by atoms with Gasteiger partial charge in [-0.1, -0.05) is 41.3 Å². The standard InChI is InChI=1S/C14H16BrClFNO/c15-9-6-7-11(12(17)8-9)13(16)14(19)18-10-4-2-1-3-5-10/h6-8,10,13H,1-5H2,(H,18,19). The van der Waals surface area contributed by atoms with E-state index in [1.54, 1.807) is 6.07 Å². The van der Waals surface area contributed by atoms with Crippen LogP contribution in [0, 0.1) is 5.82 Å². The molecule has 19 heavy (non-hydrogen) atoms. The molecule has 1 saturated carbocycles. The summed E-state index contributed by atoms with van der Waals surface area (Å²) in [7, 11) is 0. The van der Waals surface area contributed by atoms with Crippen LogP contribution in [-0.2, 0) is 4.79 Å². The molecule has 0 heterocycles. The zero-order chi connectivity index (χ0) is 13.8. The Balaban J connectivity index is 2.01. The smallest absolute Gasteiger partial charge is 0.242 e. The van der Waals surface area contributed by atoms with E-state index in [4.69, 9.17) is 11.6 Å². The van der Waals surface area contributed by atoms with Gasteiger partial charge in [0.2, 0.25) is 5.91 Å². The fourth-order valence-electron chi connectivity index (χ4n) is 2.37. The highest BCUT2D eigenvalue weighted by Gasteiger charge is 2.24. The Morgan fingerprint density at radius 1 is 1.37 bits per heavy atom. The lowest BCUT2D eigenvalue weighted by Crippen LogP contribution is -2.38. The highest BCUT2D eigenvalue weighted by atomic mass is 79.9. The van der Waals surface area contributed by atoms with E-state index in [1.165, 1.54) is 18.6 Å². The number of nitrogens with one attached hydrogen (secondary N) is 1. The van der Waals surface area contributed by atoms with Gasteiger partial charge in [-0.15, -0.1) is 11.6 Å². The minimum absolute atomic E-state index is 0.181. The van der Waals surface area contributed by atoms with Crippen molar-refractivity contribution in [1.82, 2.24) is 5.32 Å². The third-order valence-electron chi connectivity index (χ3n) is 3.42. The molecule has 2 nitrogen and oxygen atoms in total. The molecule has 1 aliphatic rings. The van der Waals surface area contributed by atoms with E-state index < -0.39 is 11.2 Å². The molecule has 2 rings (SSSR count). The summed E-state index contributed by atoms with van der Waals surface area (Å²) < 4.78 is 14.4. The van der Waals surface area contributed by atoms with Crippen LogP contribution in [0.15, 0.2) is 22.7 Å². The maximum absolute atomic E-state index is 13.7. The van der Waals surface area contributed by atoms with Crippen molar-refractivity contribution in [2.24, 2.45) is 0 Å². The average molecular weight is 349 g/mol. The van der Waals surface area contributed by atoms with Crippen LogP contribution in [0.2, 0.25) is 0 Å². The molecule has 1 unspecified atom stereocenters. The van der Waals surface area contributed by atoms with Crippen LogP contribution < -0.4 is 5.32 Å². The lowest BCUT2D eigenvalue weighted by atomic mass is 9.95. The number of hydrogen-bond donors (Lipinski definition) is 1. The maximum Gasteiger partial charge on any atom is 0.242 e. The Morgan fingerprint density at radius 3 is 2.68 bits per heavy atom. The summed E-state index contributed by atoms with van der Waals surface area (Å²) in [6.07, 6.45) is 5.45. The summed E-state index contributed by atoms with van der Waals surface area (Å²) in [5.74, 6) is -0.775. The highest BCUT2D eigenvalue weighted by Crippen LogP contribution is 2.27. The van der Waals surface area contributed by atoms with Crippen LogP contribution >= 0.6 is 27.5 Å². The Kier molecular flexibility index (Phi) is 5.22. The third kappa shape index (κ3) is 3.93. The Hall–Kier alpha value is -0.610. The zero-order valence-corrected chi connectivity index (χ0v) is 12.8. The molecule has 1 aliphatic carbocycles. The molecule has 104 valence electrons. The summed E-state index contributed by atoms with van der Waals surface area (Å²) in [6.45, 7) is 0. The topological polar surface area (TPSA) is 29.1 Å². The van der Waals surface area contributed by atoms with Crippen LogP contribution in [0.3, 0.4) is 0 Å². The molecular weight excluding hydrogens is 333 g/mol. The second-order valence-electron chi connectivity index (χ2n) is 4.87. The van der Waals surface area contributed by atoms with Crippen LogP contribution in [0.5, 0.6) is 0 Å². The summed E-state index contributed by atoms with van der Waals surface area (Å²) in [4.78, 5) is 12.0. The SMILES string of the molecule is O=C(NC1CCCCC1)C(Cl)c1ccc(Br)cc1F. The van der Waals surface area contributed by atoms with E-state index in [1.807, 2.05) is 0 Å². The van der Waals surface area contributed by atoms with Gasteiger partial charge < -0.3 is 5.32 Å². The van der Waals surface area contributed by atoms with Crippen molar-refractivity contribution >= 4 is 33.4 Å². The first-order chi connectivity index (χ1) is 9.08. The first-order valence-corrected chi connectivity index (χ1v) is 7.70. The number of carbonyl (C=O) groups excluding carboxylic acids is 1. The van der Waals surface area contributed by atoms with Gasteiger partial charge >= 0.3 is 0 Å². The Morgan fingerprint density at radius 2 is 2.05 bits per heavy atom. The van der Waals surface area contributed by atoms with E-state index in [0.29, 0.717) is 4.47 Å². The fourth-order valence-corrected chi connectivity index (χ4v) is 2.94. The molecule has 1 amide bonds. The maximum atomic E-state index is 13.7. The van der Waals surface area contributed by atoms with Crippen molar-refractivity contribution in [3.63, 3.8) is 0 Å². The number of carbonyl (C=O) groups is 1. The zero-order valence-electron chi connectivity index (χ0n) is 10.5. The number of halogens is 3. The molecule has 1 fully saturated rings. The summed E-state index contributed by atoms with van der Waals surface area (Å²) in [6, 6.07) is 4.72. The van der Waals surface area contributed by atoms with Crippen LogP contribution in [-0.4, -0.2) is 11.9 Å². The first kappa shape index (κ1) is 14.8. The summed E-state index contributed by atoms with van der Waals surface area (Å²) in [5, 5.41) is 1.93. The monoisotopic (exact) mass is 347 g/mol. The van der Waals surface area contributed by atoms with Gasteiger partial charge in [0.15, 0.2) is 0 Å². The minimum atomic E-state index is -0.977. The predicted octanol–water partition coefficient (Wildman–Crippen LogP) is 4.32. The van der Waals surface area contributed by atoms with E-state index >= 15 is 0 Å². The van der Waals surface area contributed by atoms with Gasteiger partial charge in [0, 0.05) is 16.1 Å². The van der Waals surface area contributed by atoms with Crippen molar-refractivity contribution in [3.05, 3.63) is 34.1 Å². The van der Waals surface area contributed by atoms with Crippen molar-refractivity contribution in [1.29, 1.82) is 0 Å². The van der Waals surface area contributed by atoms with Crippen molar-refractivity contribution in [3.8, 4) is 0 Å².